The first-order valence-corrected chi connectivity index (χ1v) is 3.33. The van der Waals surface area contributed by atoms with Crippen molar-refractivity contribution in [3.8, 4) is 6.07 Å². The van der Waals surface area contributed by atoms with Crippen molar-refractivity contribution < 1.29 is 0 Å². The molecule has 1 aliphatic carbocycles. The first-order valence-electron chi connectivity index (χ1n) is 3.33. The Labute approximate surface area is 60.6 Å². The van der Waals surface area contributed by atoms with E-state index in [1.165, 1.54) is 0 Å². The summed E-state index contributed by atoms with van der Waals surface area (Å²) in [5, 5.41) is 8.49. The normalized spacial score (nSPS) is 23.6. The highest BCUT2D eigenvalue weighted by atomic mass is 14.5. The molecule has 0 saturated carbocycles. The van der Waals surface area contributed by atoms with Crippen molar-refractivity contribution in [3.05, 3.63) is 23.8 Å². The summed E-state index contributed by atoms with van der Waals surface area (Å²) >= 11 is 0. The van der Waals surface area contributed by atoms with Gasteiger partial charge in [-0.3, -0.25) is 0 Å². The van der Waals surface area contributed by atoms with Gasteiger partial charge in [-0.1, -0.05) is 18.2 Å². The summed E-state index contributed by atoms with van der Waals surface area (Å²) in [5.74, 6) is 0.0651. The van der Waals surface area contributed by atoms with Gasteiger partial charge in [-0.25, -0.2) is 0 Å². The Morgan fingerprint density at radius 1 is 1.80 bits per heavy atom. The average molecular weight is 134 g/mol. The molecule has 0 aromatic carbocycles. The molecule has 2 nitrogen and oxygen atoms in total. The molecule has 1 atom stereocenters. The molecule has 1 aliphatic rings. The number of hydrogen-bond acceptors (Lipinski definition) is 2. The lowest BCUT2D eigenvalue weighted by atomic mass is 9.98. The van der Waals surface area contributed by atoms with Gasteiger partial charge >= 0.3 is 0 Å². The number of nitrogens with two attached hydrogens (primary N) is 1. The van der Waals surface area contributed by atoms with Crippen molar-refractivity contribution in [2.45, 2.75) is 6.42 Å². The minimum atomic E-state index is 0.0651. The Morgan fingerprint density at radius 2 is 2.60 bits per heavy atom. The van der Waals surface area contributed by atoms with Gasteiger partial charge in [0.15, 0.2) is 0 Å². The van der Waals surface area contributed by atoms with Gasteiger partial charge in [0.1, 0.15) is 0 Å². The molecule has 0 radical (unpaired) electrons. The number of rotatable bonds is 1. The second-order valence-corrected chi connectivity index (χ2v) is 2.31. The smallest absolute Gasteiger partial charge is 0.0700 e. The molecule has 0 bridgehead atoms. The second-order valence-electron chi connectivity index (χ2n) is 2.31. The maximum Gasteiger partial charge on any atom is 0.0700 e. The van der Waals surface area contributed by atoms with Crippen LogP contribution in [0.15, 0.2) is 23.8 Å². The third kappa shape index (κ3) is 1.46. The number of hydrogen-bond donors (Lipinski definition) is 1. The quantitative estimate of drug-likeness (QED) is 0.581. The monoisotopic (exact) mass is 134 g/mol. The Balaban J connectivity index is 2.56. The van der Waals surface area contributed by atoms with Gasteiger partial charge < -0.3 is 5.73 Å². The highest BCUT2D eigenvalue weighted by Gasteiger charge is 2.04. The molecule has 1 rings (SSSR count). The van der Waals surface area contributed by atoms with E-state index in [4.69, 9.17) is 11.0 Å². The number of nitriles is 1. The summed E-state index contributed by atoms with van der Waals surface area (Å²) < 4.78 is 0. The lowest BCUT2D eigenvalue weighted by Gasteiger charge is -2.06. The number of allylic oxidation sites excluding steroid dienone is 2. The maximum atomic E-state index is 8.49. The van der Waals surface area contributed by atoms with Crippen molar-refractivity contribution in [2.24, 2.45) is 11.7 Å². The van der Waals surface area contributed by atoms with E-state index >= 15 is 0 Å². The van der Waals surface area contributed by atoms with E-state index < -0.39 is 0 Å². The SMILES string of the molecule is N#CC1C=CC(CN)=CC1. The highest BCUT2D eigenvalue weighted by molar-refractivity contribution is 5.26. The van der Waals surface area contributed by atoms with Gasteiger partial charge in [0.2, 0.25) is 0 Å². The van der Waals surface area contributed by atoms with Crippen molar-refractivity contribution >= 4 is 0 Å². The van der Waals surface area contributed by atoms with Crippen LogP contribution in [-0.4, -0.2) is 6.54 Å². The van der Waals surface area contributed by atoms with Crippen LogP contribution in [0.1, 0.15) is 6.42 Å². The van der Waals surface area contributed by atoms with Gasteiger partial charge in [-0.2, -0.15) is 5.26 Å². The van der Waals surface area contributed by atoms with E-state index in [1.54, 1.807) is 0 Å². The van der Waals surface area contributed by atoms with E-state index in [2.05, 4.69) is 6.07 Å². The largest absolute Gasteiger partial charge is 0.327 e. The lowest BCUT2D eigenvalue weighted by Crippen LogP contribution is -2.05. The summed E-state index contributed by atoms with van der Waals surface area (Å²) in [4.78, 5) is 0. The zero-order valence-corrected chi connectivity index (χ0v) is 5.75. The molecule has 0 saturated heterocycles. The van der Waals surface area contributed by atoms with Crippen LogP contribution in [0.25, 0.3) is 0 Å². The van der Waals surface area contributed by atoms with Crippen LogP contribution in [0.4, 0.5) is 0 Å². The third-order valence-corrected chi connectivity index (χ3v) is 1.58. The first kappa shape index (κ1) is 7.04. The molecule has 0 aromatic heterocycles. The second kappa shape index (κ2) is 3.19. The molecule has 10 heavy (non-hydrogen) atoms. The molecule has 0 aliphatic heterocycles. The van der Waals surface area contributed by atoms with Gasteiger partial charge in [0, 0.05) is 6.54 Å². The first-order chi connectivity index (χ1) is 4.86. The van der Waals surface area contributed by atoms with Crippen LogP contribution in [0.2, 0.25) is 0 Å². The van der Waals surface area contributed by atoms with Crippen LogP contribution in [0.3, 0.4) is 0 Å². The maximum absolute atomic E-state index is 8.49. The van der Waals surface area contributed by atoms with E-state index in [0.29, 0.717) is 6.54 Å². The zero-order valence-electron chi connectivity index (χ0n) is 5.75. The fourth-order valence-electron chi connectivity index (χ4n) is 0.912. The molecule has 1 unspecified atom stereocenters. The minimum Gasteiger partial charge on any atom is -0.327 e. The molecule has 0 amide bonds. The summed E-state index contributed by atoms with van der Waals surface area (Å²) in [6.07, 6.45) is 6.67. The van der Waals surface area contributed by atoms with Crippen LogP contribution in [0.5, 0.6) is 0 Å². The van der Waals surface area contributed by atoms with E-state index in [9.17, 15) is 0 Å². The zero-order chi connectivity index (χ0) is 7.40. The Bertz CT molecular complexity index is 208. The van der Waals surface area contributed by atoms with Crippen molar-refractivity contribution in [3.63, 3.8) is 0 Å². The molecule has 2 N–H and O–H groups in total. The van der Waals surface area contributed by atoms with E-state index in [1.807, 2.05) is 18.2 Å². The highest BCUT2D eigenvalue weighted by Crippen LogP contribution is 2.13. The van der Waals surface area contributed by atoms with Crippen LogP contribution < -0.4 is 5.73 Å². The molecular formula is C8H10N2. The molecular weight excluding hydrogens is 124 g/mol. The predicted molar refractivity (Wildman–Crippen MR) is 40.0 cm³/mol. The molecule has 0 fully saturated rings. The summed E-state index contributed by atoms with van der Waals surface area (Å²) in [6.45, 7) is 0.578. The standard InChI is InChI=1S/C8H10N2/c9-5-7-1-2-8(6-10)4-3-7/h1-3,8H,4-5,9H2. The van der Waals surface area contributed by atoms with E-state index in [-0.39, 0.29) is 5.92 Å². The van der Waals surface area contributed by atoms with Gasteiger partial charge in [0.25, 0.3) is 0 Å². The lowest BCUT2D eigenvalue weighted by molar-refractivity contribution is 0.824. The average Bonchev–Trinajstić information content (AvgIpc) is 2.05. The van der Waals surface area contributed by atoms with Gasteiger partial charge in [-0.15, -0.1) is 0 Å². The van der Waals surface area contributed by atoms with Crippen molar-refractivity contribution in [1.82, 2.24) is 0 Å². The van der Waals surface area contributed by atoms with E-state index in [0.717, 1.165) is 12.0 Å². The minimum absolute atomic E-state index is 0.0651. The Hall–Kier alpha value is -1.07. The predicted octanol–water partition coefficient (Wildman–Crippen LogP) is 0.971. The third-order valence-electron chi connectivity index (χ3n) is 1.58. The van der Waals surface area contributed by atoms with Crippen LogP contribution in [-0.2, 0) is 0 Å². The molecule has 52 valence electrons. The van der Waals surface area contributed by atoms with Crippen LogP contribution >= 0.6 is 0 Å². The fourth-order valence-corrected chi connectivity index (χ4v) is 0.912. The van der Waals surface area contributed by atoms with Gasteiger partial charge in [0.05, 0.1) is 12.0 Å². The summed E-state index contributed by atoms with van der Waals surface area (Å²) in [5.41, 5.74) is 6.52. The number of nitrogens with zero attached hydrogens (tertiary/aromatic N) is 1. The topological polar surface area (TPSA) is 49.8 Å². The fraction of sp³-hybridized carbons (Fsp3) is 0.375. The van der Waals surface area contributed by atoms with Crippen molar-refractivity contribution in [1.29, 1.82) is 5.26 Å². The summed E-state index contributed by atoms with van der Waals surface area (Å²) in [6, 6.07) is 2.18. The molecule has 2 heteroatoms. The molecule has 0 spiro atoms. The molecule has 0 aromatic rings. The van der Waals surface area contributed by atoms with Crippen LogP contribution in [0, 0.1) is 17.2 Å². The van der Waals surface area contributed by atoms with Gasteiger partial charge in [-0.05, 0) is 12.0 Å². The Kier molecular flexibility index (Phi) is 2.24. The molecule has 0 heterocycles. The Morgan fingerprint density at radius 3 is 3.00 bits per heavy atom. The summed E-state index contributed by atoms with van der Waals surface area (Å²) in [7, 11) is 0. The van der Waals surface area contributed by atoms with Crippen molar-refractivity contribution in [2.75, 3.05) is 6.54 Å².